The fourth-order valence-corrected chi connectivity index (χ4v) is 0.859. The van der Waals surface area contributed by atoms with Crippen LogP contribution >= 0.6 is 0 Å². The summed E-state index contributed by atoms with van der Waals surface area (Å²) >= 11 is 0. The summed E-state index contributed by atoms with van der Waals surface area (Å²) in [6, 6.07) is 0. The Morgan fingerprint density at radius 2 is 0.682 bits per heavy atom. The van der Waals surface area contributed by atoms with Gasteiger partial charge in [0.25, 0.3) is 0 Å². The molecule has 0 aliphatic heterocycles. The molecule has 1 radical (unpaired) electrons. The summed E-state index contributed by atoms with van der Waals surface area (Å²) in [5.41, 5.74) is 0. The minimum atomic E-state index is -0.187. The molecule has 0 heterocycles. The van der Waals surface area contributed by atoms with Gasteiger partial charge in [-0.25, -0.2) is 0 Å². The molecule has 0 atom stereocenters. The Bertz CT molecular complexity index is 368. The minimum Gasteiger partial charge on any atom is -0.876 e. The van der Waals surface area contributed by atoms with Gasteiger partial charge in [-0.3, -0.25) is 14.4 Å². The third-order valence-electron chi connectivity index (χ3n) is 1.22. The molecule has 6 nitrogen and oxygen atoms in total. The van der Waals surface area contributed by atoms with Gasteiger partial charge in [-0.15, -0.1) is 17.3 Å². The van der Waals surface area contributed by atoms with Crippen LogP contribution in [0.25, 0.3) is 0 Å². The Kier molecular flexibility index (Phi) is 22.2. The first-order chi connectivity index (χ1) is 9.38. The summed E-state index contributed by atoms with van der Waals surface area (Å²) in [6.45, 7) is 8.09. The van der Waals surface area contributed by atoms with Crippen molar-refractivity contribution in [1.29, 1.82) is 0 Å². The van der Waals surface area contributed by atoms with E-state index in [1.165, 1.54) is 41.5 Å². The second kappa shape index (κ2) is 17.2. The Labute approximate surface area is 142 Å². The van der Waals surface area contributed by atoms with Crippen molar-refractivity contribution < 1.29 is 47.1 Å². The van der Waals surface area contributed by atoms with E-state index in [4.69, 9.17) is 0 Å². The van der Waals surface area contributed by atoms with E-state index >= 15 is 0 Å². The molecule has 22 heavy (non-hydrogen) atoms. The van der Waals surface area contributed by atoms with Crippen LogP contribution < -0.4 is 15.3 Å². The summed E-state index contributed by atoms with van der Waals surface area (Å²) in [5.74, 6) is -1.12. The maximum atomic E-state index is 9.98. The maximum Gasteiger partial charge on any atom is 3.00 e. The van der Waals surface area contributed by atoms with Crippen molar-refractivity contribution in [3.8, 4) is 0 Å². The van der Waals surface area contributed by atoms with E-state index in [-0.39, 0.29) is 52.0 Å². The van der Waals surface area contributed by atoms with E-state index in [1.54, 1.807) is 0 Å². The molecule has 0 rings (SSSR count). The van der Waals surface area contributed by atoms with Crippen LogP contribution in [0.1, 0.15) is 41.5 Å². The van der Waals surface area contributed by atoms with E-state index in [0.717, 1.165) is 18.2 Å². The molecule has 0 N–H and O–H groups in total. The average molecular weight is 349 g/mol. The molecule has 0 fully saturated rings. The van der Waals surface area contributed by atoms with Crippen molar-refractivity contribution in [1.82, 2.24) is 0 Å². The van der Waals surface area contributed by atoms with Gasteiger partial charge in [0, 0.05) is 0 Å². The maximum absolute atomic E-state index is 9.98. The van der Waals surface area contributed by atoms with Crippen LogP contribution in [0.4, 0.5) is 0 Å². The second-order valence-corrected chi connectivity index (χ2v) is 4.10. The van der Waals surface area contributed by atoms with Crippen molar-refractivity contribution >= 4 is 17.3 Å². The molecule has 0 aliphatic carbocycles. The molecule has 0 aromatic rings. The van der Waals surface area contributed by atoms with Gasteiger partial charge in [0.1, 0.15) is 0 Å². The number of carbonyl (C=O) groups excluding carboxylic acids is 3. The molecular formula is C15H21CrO6. The number of carbonyl (C=O) groups is 3. The summed E-state index contributed by atoms with van der Waals surface area (Å²) < 4.78 is 0. The molecule has 0 saturated carbocycles. The van der Waals surface area contributed by atoms with Crippen molar-refractivity contribution in [2.45, 2.75) is 41.5 Å². The number of rotatable bonds is 3. The van der Waals surface area contributed by atoms with Crippen molar-refractivity contribution in [2.24, 2.45) is 0 Å². The zero-order chi connectivity index (χ0) is 17.6. The number of ketones is 3. The Morgan fingerprint density at radius 1 is 0.545 bits per heavy atom. The normalized spacial score (nSPS) is 10.9. The number of hydrogen-bond donors (Lipinski definition) is 0. The largest absolute Gasteiger partial charge is 3.00 e. The van der Waals surface area contributed by atoms with Gasteiger partial charge >= 0.3 is 17.4 Å². The third kappa shape index (κ3) is 51.8. The van der Waals surface area contributed by atoms with Gasteiger partial charge in [0.2, 0.25) is 0 Å². The van der Waals surface area contributed by atoms with E-state index in [1.807, 2.05) is 0 Å². The zero-order valence-corrected chi connectivity index (χ0v) is 14.9. The molecule has 0 bridgehead atoms. The van der Waals surface area contributed by atoms with Crippen molar-refractivity contribution in [3.63, 3.8) is 0 Å². The smallest absolute Gasteiger partial charge is 0.876 e. The third-order valence-corrected chi connectivity index (χ3v) is 1.22. The standard InChI is InChI=1S/3C5H8O2.Cr/c3*1-4(6)3-5(2)7;/h3*3,6H,1-2H3;/q;;;+3/p-3. The SMILES string of the molecule is CC(=O)C=C(C)[O-].CC(=O)C=C(C)[O-].CC(=O)C=C(C)[O-].[Cr+3]. The molecule has 0 amide bonds. The first-order valence-electron chi connectivity index (χ1n) is 5.96. The molecule has 0 saturated heterocycles. The summed E-state index contributed by atoms with van der Waals surface area (Å²) in [7, 11) is 0. The number of allylic oxidation sites excluding steroid dienone is 6. The van der Waals surface area contributed by atoms with Crippen molar-refractivity contribution in [3.05, 3.63) is 35.5 Å². The van der Waals surface area contributed by atoms with Crippen LogP contribution in [0.2, 0.25) is 0 Å². The van der Waals surface area contributed by atoms with Gasteiger partial charge in [0.05, 0.1) is 0 Å². The van der Waals surface area contributed by atoms with E-state index < -0.39 is 0 Å². The first-order valence-corrected chi connectivity index (χ1v) is 5.96. The fourth-order valence-electron chi connectivity index (χ4n) is 0.859. The molecule has 7 heteroatoms. The van der Waals surface area contributed by atoms with E-state index in [0.29, 0.717) is 0 Å². The van der Waals surface area contributed by atoms with Crippen LogP contribution in [-0.2, 0) is 31.7 Å². The molecule has 0 aliphatic rings. The Hall–Kier alpha value is -1.84. The van der Waals surface area contributed by atoms with Crippen LogP contribution in [-0.4, -0.2) is 17.3 Å². The molecule has 123 valence electrons. The van der Waals surface area contributed by atoms with Gasteiger partial charge in [0.15, 0.2) is 17.3 Å². The van der Waals surface area contributed by atoms with E-state index in [2.05, 4.69) is 0 Å². The van der Waals surface area contributed by atoms with Crippen LogP contribution in [0, 0.1) is 0 Å². The second-order valence-electron chi connectivity index (χ2n) is 4.10. The molecule has 0 spiro atoms. The Morgan fingerprint density at radius 3 is 0.682 bits per heavy atom. The molecule has 0 unspecified atom stereocenters. The molecule has 0 aromatic heterocycles. The Balaban J connectivity index is -0.000000108. The van der Waals surface area contributed by atoms with Gasteiger partial charge in [-0.1, -0.05) is 20.8 Å². The van der Waals surface area contributed by atoms with E-state index in [9.17, 15) is 29.7 Å². The summed E-state index contributed by atoms with van der Waals surface area (Å²) in [6.07, 6.45) is 3.17. The quantitative estimate of drug-likeness (QED) is 0.501. The predicted molar refractivity (Wildman–Crippen MR) is 73.3 cm³/mol. The van der Waals surface area contributed by atoms with Crippen LogP contribution in [0.15, 0.2) is 35.5 Å². The minimum absolute atomic E-state index is 0. The summed E-state index contributed by atoms with van der Waals surface area (Å²) in [4.78, 5) is 29.9. The molecule has 0 aromatic carbocycles. The topological polar surface area (TPSA) is 120 Å². The zero-order valence-electron chi connectivity index (χ0n) is 13.6. The monoisotopic (exact) mass is 349 g/mol. The van der Waals surface area contributed by atoms with Gasteiger partial charge in [-0.05, 0) is 39.0 Å². The molecular weight excluding hydrogens is 328 g/mol. The van der Waals surface area contributed by atoms with Crippen LogP contribution in [0.3, 0.4) is 0 Å². The first kappa shape index (κ1) is 28.3. The van der Waals surface area contributed by atoms with Gasteiger partial charge in [-0.2, -0.15) is 0 Å². The predicted octanol–water partition coefficient (Wildman–Crippen LogP) is -0.484. The van der Waals surface area contributed by atoms with Gasteiger partial charge < -0.3 is 15.3 Å². The number of hydrogen-bond acceptors (Lipinski definition) is 6. The fraction of sp³-hybridized carbons (Fsp3) is 0.400. The van der Waals surface area contributed by atoms with Crippen molar-refractivity contribution in [2.75, 3.05) is 0 Å². The average Bonchev–Trinajstić information content (AvgIpc) is 2.10. The summed E-state index contributed by atoms with van der Waals surface area (Å²) in [5, 5.41) is 29.9. The van der Waals surface area contributed by atoms with Crippen LogP contribution in [0.5, 0.6) is 0 Å².